The fourth-order valence-electron chi connectivity index (χ4n) is 3.67. The molecule has 0 radical (unpaired) electrons. The van der Waals surface area contributed by atoms with Crippen molar-refractivity contribution in [3.8, 4) is 0 Å². The number of rotatable bonds is 10. The number of carbonyl (C=O) groups is 1. The van der Waals surface area contributed by atoms with Crippen LogP contribution in [0.2, 0.25) is 0 Å². The quantitative estimate of drug-likeness (QED) is 0.435. The fraction of sp³-hybridized carbons (Fsp3) is 0.296. The third-order valence-electron chi connectivity index (χ3n) is 5.34. The van der Waals surface area contributed by atoms with Crippen molar-refractivity contribution in [3.05, 3.63) is 108 Å². The average molecular weight is 433 g/mol. The van der Waals surface area contributed by atoms with E-state index in [0.717, 1.165) is 16.7 Å². The molecule has 0 aromatic heterocycles. The monoisotopic (exact) mass is 432 g/mol. The maximum atomic E-state index is 12.8. The predicted octanol–water partition coefficient (Wildman–Crippen LogP) is 4.69. The molecule has 4 rings (SSSR count). The molecule has 3 aromatic carbocycles. The van der Waals surface area contributed by atoms with Gasteiger partial charge in [0.2, 0.25) is 0 Å². The Hall–Kier alpha value is -2.99. The third-order valence-corrected chi connectivity index (χ3v) is 5.34. The molecule has 1 aliphatic heterocycles. The molecule has 5 heteroatoms. The lowest BCUT2D eigenvalue weighted by Crippen LogP contribution is -2.49. The van der Waals surface area contributed by atoms with Gasteiger partial charge in [0.1, 0.15) is 6.10 Å². The van der Waals surface area contributed by atoms with E-state index >= 15 is 0 Å². The first-order chi connectivity index (χ1) is 15.8. The van der Waals surface area contributed by atoms with Gasteiger partial charge in [-0.2, -0.15) is 0 Å². The summed E-state index contributed by atoms with van der Waals surface area (Å²) in [5, 5.41) is 0. The molecule has 0 aliphatic carbocycles. The molecular weight excluding hydrogens is 404 g/mol. The van der Waals surface area contributed by atoms with E-state index < -0.39 is 18.2 Å². The van der Waals surface area contributed by atoms with Crippen LogP contribution in [0.5, 0.6) is 0 Å². The normalized spacial score (nSPS) is 20.6. The lowest BCUT2D eigenvalue weighted by molar-refractivity contribution is -0.199. The Bertz CT molecular complexity index is 946. The molecule has 1 fully saturated rings. The van der Waals surface area contributed by atoms with Gasteiger partial charge in [0.15, 0.2) is 6.10 Å². The molecule has 0 amide bonds. The second kappa shape index (κ2) is 11.6. The summed E-state index contributed by atoms with van der Waals surface area (Å²) in [5.41, 5.74) is 3.12. The van der Waals surface area contributed by atoms with E-state index in [9.17, 15) is 4.79 Å². The largest absolute Gasteiger partial charge is 0.458 e. The molecule has 1 aliphatic rings. The van der Waals surface area contributed by atoms with Crippen LogP contribution in [-0.2, 0) is 43.6 Å². The lowest BCUT2D eigenvalue weighted by Gasteiger charge is -2.34. The highest BCUT2D eigenvalue weighted by atomic mass is 16.6. The standard InChI is InChI=1S/C27H28O5/c28-27-26(31-19-23-14-8-3-9-15-23)25(30-18-22-12-6-2-7-13-22)16-24(32-27)20-29-17-21-10-4-1-5-11-21/h1-15,24-26H,16-20H2/t24-,25-,26+/m0/s1. The van der Waals surface area contributed by atoms with Gasteiger partial charge in [0.05, 0.1) is 32.5 Å². The second-order valence-electron chi connectivity index (χ2n) is 7.85. The summed E-state index contributed by atoms with van der Waals surface area (Å²) in [6.45, 7) is 1.51. The highest BCUT2D eigenvalue weighted by Crippen LogP contribution is 2.24. The maximum Gasteiger partial charge on any atom is 0.338 e. The molecule has 3 aromatic rings. The van der Waals surface area contributed by atoms with Crippen LogP contribution < -0.4 is 0 Å². The van der Waals surface area contributed by atoms with Gasteiger partial charge in [-0.3, -0.25) is 0 Å². The third kappa shape index (κ3) is 6.50. The number of ether oxygens (including phenoxy) is 4. The van der Waals surface area contributed by atoms with E-state index in [4.69, 9.17) is 18.9 Å². The van der Waals surface area contributed by atoms with Crippen LogP contribution in [0.15, 0.2) is 91.0 Å². The molecule has 3 atom stereocenters. The number of esters is 1. The van der Waals surface area contributed by atoms with Crippen LogP contribution >= 0.6 is 0 Å². The summed E-state index contributed by atoms with van der Waals surface area (Å²) in [6.07, 6.45) is -1.04. The minimum atomic E-state index is -0.774. The number of carbonyl (C=O) groups excluding carboxylic acids is 1. The van der Waals surface area contributed by atoms with Crippen molar-refractivity contribution in [2.24, 2.45) is 0 Å². The predicted molar refractivity (Wildman–Crippen MR) is 121 cm³/mol. The Kier molecular flexibility index (Phi) is 8.04. The molecule has 0 bridgehead atoms. The first-order valence-corrected chi connectivity index (χ1v) is 10.9. The number of cyclic esters (lactones) is 1. The van der Waals surface area contributed by atoms with Gasteiger partial charge < -0.3 is 18.9 Å². The van der Waals surface area contributed by atoms with Gasteiger partial charge >= 0.3 is 5.97 Å². The number of hydrogen-bond donors (Lipinski definition) is 0. The summed E-state index contributed by atoms with van der Waals surface area (Å²) in [7, 11) is 0. The molecule has 5 nitrogen and oxygen atoms in total. The molecule has 166 valence electrons. The first-order valence-electron chi connectivity index (χ1n) is 10.9. The van der Waals surface area contributed by atoms with Gasteiger partial charge in [0.25, 0.3) is 0 Å². The summed E-state index contributed by atoms with van der Waals surface area (Å²) < 4.78 is 23.6. The molecule has 1 heterocycles. The van der Waals surface area contributed by atoms with Gasteiger partial charge in [-0.1, -0.05) is 91.0 Å². The number of hydrogen-bond acceptors (Lipinski definition) is 5. The lowest BCUT2D eigenvalue weighted by atomic mass is 10.0. The first kappa shape index (κ1) is 22.2. The van der Waals surface area contributed by atoms with Crippen molar-refractivity contribution in [2.75, 3.05) is 6.61 Å². The summed E-state index contributed by atoms with van der Waals surface area (Å²) in [5.74, 6) is -0.404. The molecule has 32 heavy (non-hydrogen) atoms. The Morgan fingerprint density at radius 2 is 1.19 bits per heavy atom. The van der Waals surface area contributed by atoms with E-state index in [2.05, 4.69) is 0 Å². The van der Waals surface area contributed by atoms with Gasteiger partial charge in [-0.15, -0.1) is 0 Å². The number of benzene rings is 3. The van der Waals surface area contributed by atoms with Crippen LogP contribution in [0.25, 0.3) is 0 Å². The smallest absolute Gasteiger partial charge is 0.338 e. The minimum Gasteiger partial charge on any atom is -0.458 e. The molecule has 0 spiro atoms. The van der Waals surface area contributed by atoms with Crippen molar-refractivity contribution < 1.29 is 23.7 Å². The zero-order valence-electron chi connectivity index (χ0n) is 18.0. The van der Waals surface area contributed by atoms with Gasteiger partial charge in [0, 0.05) is 6.42 Å². The van der Waals surface area contributed by atoms with Crippen molar-refractivity contribution in [2.45, 2.75) is 44.6 Å². The van der Waals surface area contributed by atoms with Crippen LogP contribution in [0.1, 0.15) is 23.1 Å². The Labute approximate surface area is 188 Å². The highest BCUT2D eigenvalue weighted by molar-refractivity contribution is 5.76. The molecule has 0 saturated carbocycles. The fourth-order valence-corrected chi connectivity index (χ4v) is 3.67. The topological polar surface area (TPSA) is 54.0 Å². The summed E-state index contributed by atoms with van der Waals surface area (Å²) in [4.78, 5) is 12.8. The van der Waals surface area contributed by atoms with Gasteiger partial charge in [-0.25, -0.2) is 4.79 Å². The average Bonchev–Trinajstić information content (AvgIpc) is 2.84. The van der Waals surface area contributed by atoms with Crippen LogP contribution in [0, 0.1) is 0 Å². The van der Waals surface area contributed by atoms with Crippen molar-refractivity contribution in [3.63, 3.8) is 0 Å². The second-order valence-corrected chi connectivity index (χ2v) is 7.85. The van der Waals surface area contributed by atoms with E-state index in [1.54, 1.807) is 0 Å². The van der Waals surface area contributed by atoms with Crippen LogP contribution in [0.4, 0.5) is 0 Å². The van der Waals surface area contributed by atoms with Crippen molar-refractivity contribution >= 4 is 5.97 Å². The molecule has 0 unspecified atom stereocenters. The zero-order valence-corrected chi connectivity index (χ0v) is 18.0. The zero-order chi connectivity index (χ0) is 22.0. The Morgan fingerprint density at radius 3 is 1.75 bits per heavy atom. The molecule has 0 N–H and O–H groups in total. The summed E-state index contributed by atoms with van der Waals surface area (Å²) in [6, 6.07) is 29.6. The van der Waals surface area contributed by atoms with Crippen molar-refractivity contribution in [1.82, 2.24) is 0 Å². The van der Waals surface area contributed by atoms with Gasteiger partial charge in [-0.05, 0) is 16.7 Å². The highest BCUT2D eigenvalue weighted by Gasteiger charge is 2.40. The maximum absolute atomic E-state index is 12.8. The molecule has 1 saturated heterocycles. The Balaban J connectivity index is 1.36. The van der Waals surface area contributed by atoms with E-state index in [1.165, 1.54) is 0 Å². The van der Waals surface area contributed by atoms with Crippen LogP contribution in [-0.4, -0.2) is 30.9 Å². The van der Waals surface area contributed by atoms with E-state index in [1.807, 2.05) is 91.0 Å². The molecular formula is C27H28O5. The SMILES string of the molecule is O=C1O[C@H](COCc2ccccc2)C[C@H](OCc2ccccc2)[C@H]1OCc1ccccc1. The summed E-state index contributed by atoms with van der Waals surface area (Å²) >= 11 is 0. The minimum absolute atomic E-state index is 0.317. The van der Waals surface area contributed by atoms with E-state index in [-0.39, 0.29) is 6.10 Å². The Morgan fingerprint density at radius 1 is 0.688 bits per heavy atom. The van der Waals surface area contributed by atoms with Crippen molar-refractivity contribution in [1.29, 1.82) is 0 Å². The van der Waals surface area contributed by atoms with Crippen LogP contribution in [0.3, 0.4) is 0 Å². The van der Waals surface area contributed by atoms with E-state index in [0.29, 0.717) is 32.8 Å².